The van der Waals surface area contributed by atoms with Gasteiger partial charge in [-0.2, -0.15) is 0 Å². The van der Waals surface area contributed by atoms with E-state index < -0.39 is 0 Å². The topological polar surface area (TPSA) is 48.4 Å². The van der Waals surface area contributed by atoms with E-state index in [0.717, 1.165) is 11.1 Å². The molecule has 3 nitrogen and oxygen atoms in total. The second kappa shape index (κ2) is 2.76. The molecule has 0 heterocycles. The van der Waals surface area contributed by atoms with Gasteiger partial charge in [-0.05, 0) is 23.8 Å². The minimum atomic E-state index is 0.158. The van der Waals surface area contributed by atoms with Crippen LogP contribution in [-0.2, 0) is 0 Å². The van der Waals surface area contributed by atoms with E-state index in [1.54, 1.807) is 24.3 Å². The Labute approximate surface area is 75.2 Å². The van der Waals surface area contributed by atoms with Crippen molar-refractivity contribution in [2.24, 2.45) is 0 Å². The molecule has 1 N–H and O–H groups in total. The molecule has 0 amide bonds. The fourth-order valence-electron chi connectivity index (χ4n) is 1.33. The van der Waals surface area contributed by atoms with E-state index in [2.05, 4.69) is 4.98 Å². The molecular formula is C10H7N2O+. The lowest BCUT2D eigenvalue weighted by Gasteiger charge is -1.85. The van der Waals surface area contributed by atoms with Crippen LogP contribution < -0.4 is 0 Å². The maximum absolute atomic E-state index is 9.31. The van der Waals surface area contributed by atoms with Crippen molar-refractivity contribution in [3.8, 4) is 16.9 Å². The molecule has 0 aromatic carbocycles. The van der Waals surface area contributed by atoms with Gasteiger partial charge < -0.3 is 5.11 Å². The fourth-order valence-corrected chi connectivity index (χ4v) is 1.33. The van der Waals surface area contributed by atoms with Gasteiger partial charge in [-0.1, -0.05) is 12.1 Å². The SMILES string of the molecule is N#[N+]c1ccc2cccc(O)cc1-2. The van der Waals surface area contributed by atoms with Crippen molar-refractivity contribution in [2.45, 2.75) is 0 Å². The molecule has 0 saturated carbocycles. The predicted molar refractivity (Wildman–Crippen MR) is 49.5 cm³/mol. The monoisotopic (exact) mass is 171 g/mol. The first-order valence-electron chi connectivity index (χ1n) is 3.88. The third kappa shape index (κ3) is 1.18. The molecule has 2 aliphatic rings. The smallest absolute Gasteiger partial charge is 0.392 e. The zero-order chi connectivity index (χ0) is 9.26. The van der Waals surface area contributed by atoms with Crippen molar-refractivity contribution in [1.82, 2.24) is 0 Å². The third-order valence-corrected chi connectivity index (χ3v) is 1.95. The molecule has 0 bridgehead atoms. The Hall–Kier alpha value is -2.08. The molecule has 0 aromatic rings. The standard InChI is InChI=1S/C10H6N2O/c11-12-10-5-4-7-2-1-3-8(13)6-9(7)10/h1-6H/p+1. The molecule has 2 rings (SSSR count). The average Bonchev–Trinajstić information content (AvgIpc) is 2.39. The molecule has 0 radical (unpaired) electrons. The number of hydrogen-bond acceptors (Lipinski definition) is 2. The van der Waals surface area contributed by atoms with Crippen molar-refractivity contribution in [3.63, 3.8) is 0 Å². The average molecular weight is 171 g/mol. The number of nitrogens with zero attached hydrogens (tertiary/aromatic N) is 2. The summed E-state index contributed by atoms with van der Waals surface area (Å²) in [7, 11) is 0. The number of fused-ring (bicyclic) bond motifs is 1. The normalized spacial score (nSPS) is 9.77. The maximum atomic E-state index is 9.31. The van der Waals surface area contributed by atoms with E-state index in [1.807, 2.05) is 12.1 Å². The highest BCUT2D eigenvalue weighted by Crippen LogP contribution is 2.35. The molecule has 0 spiro atoms. The molecule has 0 aliphatic heterocycles. The van der Waals surface area contributed by atoms with Crippen LogP contribution in [0, 0.1) is 5.39 Å². The Morgan fingerprint density at radius 1 is 1.15 bits per heavy atom. The third-order valence-electron chi connectivity index (χ3n) is 1.95. The van der Waals surface area contributed by atoms with Gasteiger partial charge in [0.15, 0.2) is 4.98 Å². The van der Waals surface area contributed by atoms with Crippen molar-refractivity contribution in [1.29, 1.82) is 5.39 Å². The van der Waals surface area contributed by atoms with Crippen LogP contribution in [-0.4, -0.2) is 5.11 Å². The second-order valence-electron chi connectivity index (χ2n) is 2.78. The number of hydrogen-bond donors (Lipinski definition) is 1. The van der Waals surface area contributed by atoms with Crippen LogP contribution in [0.1, 0.15) is 0 Å². The first kappa shape index (κ1) is 7.56. The molecule has 62 valence electrons. The fraction of sp³-hybridized carbons (Fsp3) is 0. The number of aromatic hydroxyl groups is 1. The Bertz CT molecular complexity index is 459. The van der Waals surface area contributed by atoms with Crippen LogP contribution in [0.25, 0.3) is 16.1 Å². The van der Waals surface area contributed by atoms with Crippen molar-refractivity contribution in [2.75, 3.05) is 0 Å². The first-order chi connectivity index (χ1) is 6.31. The highest BCUT2D eigenvalue weighted by Gasteiger charge is 2.17. The van der Waals surface area contributed by atoms with E-state index in [-0.39, 0.29) is 5.75 Å². The summed E-state index contributed by atoms with van der Waals surface area (Å²) >= 11 is 0. The summed E-state index contributed by atoms with van der Waals surface area (Å²) in [5, 5.41) is 17.9. The van der Waals surface area contributed by atoms with Gasteiger partial charge in [0, 0.05) is 6.07 Å². The molecule has 2 aliphatic carbocycles. The second-order valence-corrected chi connectivity index (χ2v) is 2.78. The highest BCUT2D eigenvalue weighted by molar-refractivity contribution is 5.82. The molecule has 0 atom stereocenters. The largest absolute Gasteiger partial charge is 0.508 e. The van der Waals surface area contributed by atoms with E-state index >= 15 is 0 Å². The van der Waals surface area contributed by atoms with Crippen LogP contribution >= 0.6 is 0 Å². The summed E-state index contributed by atoms with van der Waals surface area (Å²) in [6, 6.07) is 10.3. The minimum absolute atomic E-state index is 0.158. The van der Waals surface area contributed by atoms with Gasteiger partial charge >= 0.3 is 5.69 Å². The van der Waals surface area contributed by atoms with Crippen LogP contribution in [0.15, 0.2) is 36.4 Å². The molecular weight excluding hydrogens is 164 g/mol. The van der Waals surface area contributed by atoms with E-state index in [9.17, 15) is 5.11 Å². The summed E-state index contributed by atoms with van der Waals surface area (Å²) in [4.78, 5) is 3.12. The molecule has 0 fully saturated rings. The highest BCUT2D eigenvalue weighted by atomic mass is 16.3. The number of diazo groups is 1. The van der Waals surface area contributed by atoms with Crippen LogP contribution in [0.2, 0.25) is 0 Å². The van der Waals surface area contributed by atoms with Gasteiger partial charge in [0.25, 0.3) is 0 Å². The summed E-state index contributed by atoms with van der Waals surface area (Å²) < 4.78 is 0. The van der Waals surface area contributed by atoms with E-state index in [0.29, 0.717) is 5.69 Å². The molecule has 0 saturated heterocycles. The number of rotatable bonds is 0. The first-order valence-corrected chi connectivity index (χ1v) is 3.88. The van der Waals surface area contributed by atoms with Crippen LogP contribution in [0.4, 0.5) is 5.69 Å². The summed E-state index contributed by atoms with van der Waals surface area (Å²) in [5.41, 5.74) is 2.15. The minimum Gasteiger partial charge on any atom is -0.508 e. The van der Waals surface area contributed by atoms with Gasteiger partial charge in [0.05, 0.1) is 5.56 Å². The quantitative estimate of drug-likeness (QED) is 0.619. The van der Waals surface area contributed by atoms with Crippen molar-refractivity contribution in [3.05, 3.63) is 41.4 Å². The van der Waals surface area contributed by atoms with Gasteiger partial charge in [-0.3, -0.25) is 0 Å². The Morgan fingerprint density at radius 3 is 2.77 bits per heavy atom. The summed E-state index contributed by atoms with van der Waals surface area (Å²) in [6.07, 6.45) is 0. The lowest BCUT2D eigenvalue weighted by atomic mass is 10.2. The summed E-state index contributed by atoms with van der Waals surface area (Å²) in [5.74, 6) is 0.158. The van der Waals surface area contributed by atoms with Crippen molar-refractivity contribution < 1.29 is 5.11 Å². The van der Waals surface area contributed by atoms with Gasteiger partial charge in [0.1, 0.15) is 5.75 Å². The molecule has 3 heteroatoms. The Balaban J connectivity index is 2.77. The Kier molecular flexibility index (Phi) is 1.60. The molecule has 0 unspecified atom stereocenters. The van der Waals surface area contributed by atoms with Crippen LogP contribution in [0.5, 0.6) is 5.75 Å². The van der Waals surface area contributed by atoms with Crippen molar-refractivity contribution >= 4 is 5.69 Å². The summed E-state index contributed by atoms with van der Waals surface area (Å²) in [6.45, 7) is 0. The molecule has 0 aromatic heterocycles. The Morgan fingerprint density at radius 2 is 2.00 bits per heavy atom. The van der Waals surface area contributed by atoms with Gasteiger partial charge in [-0.25, -0.2) is 0 Å². The lowest BCUT2D eigenvalue weighted by Crippen LogP contribution is -1.63. The van der Waals surface area contributed by atoms with Gasteiger partial charge in [0.2, 0.25) is 5.39 Å². The zero-order valence-electron chi connectivity index (χ0n) is 6.81. The van der Waals surface area contributed by atoms with Gasteiger partial charge in [-0.15, -0.1) is 0 Å². The predicted octanol–water partition coefficient (Wildman–Crippen LogP) is 2.98. The van der Waals surface area contributed by atoms with E-state index in [1.165, 1.54) is 0 Å². The maximum Gasteiger partial charge on any atom is 0.392 e. The molecule has 13 heavy (non-hydrogen) atoms. The lowest BCUT2D eigenvalue weighted by molar-refractivity contribution is 0.476. The van der Waals surface area contributed by atoms with Crippen LogP contribution in [0.3, 0.4) is 0 Å². The zero-order valence-corrected chi connectivity index (χ0v) is 6.81. The van der Waals surface area contributed by atoms with E-state index in [4.69, 9.17) is 5.39 Å².